The minimum absolute atomic E-state index is 0.694. The van der Waals surface area contributed by atoms with Crippen molar-refractivity contribution < 1.29 is 0 Å². The van der Waals surface area contributed by atoms with Crippen molar-refractivity contribution in [3.8, 4) is 0 Å². The number of hydrogen-bond donors (Lipinski definition) is 1. The molecule has 0 aromatic carbocycles. The van der Waals surface area contributed by atoms with E-state index in [4.69, 9.17) is 5.73 Å². The number of aromatic nitrogens is 3. The Balaban J connectivity index is 2.14. The lowest BCUT2D eigenvalue weighted by molar-refractivity contribution is 0.695. The van der Waals surface area contributed by atoms with Gasteiger partial charge in [-0.2, -0.15) is 5.10 Å². The molecule has 0 saturated carbocycles. The second kappa shape index (κ2) is 2.94. The molecule has 4 nitrogen and oxygen atoms in total. The zero-order chi connectivity index (χ0) is 8.39. The highest BCUT2D eigenvalue weighted by atomic mass is 32.1. The van der Waals surface area contributed by atoms with E-state index in [2.05, 4.69) is 9.47 Å². The molecule has 5 heteroatoms. The Morgan fingerprint density at radius 1 is 1.58 bits per heavy atom. The summed E-state index contributed by atoms with van der Waals surface area (Å²) in [6.07, 6.45) is 5.23. The Labute approximate surface area is 73.8 Å². The third kappa shape index (κ3) is 1.45. The van der Waals surface area contributed by atoms with Crippen LogP contribution in [0.5, 0.6) is 0 Å². The van der Waals surface area contributed by atoms with Crippen LogP contribution in [0.4, 0.5) is 5.69 Å². The molecule has 2 aromatic rings. The van der Waals surface area contributed by atoms with Gasteiger partial charge in [-0.1, -0.05) is 0 Å². The molecule has 0 aliphatic carbocycles. The summed E-state index contributed by atoms with van der Waals surface area (Å²) in [5, 5.41) is 4.06. The molecule has 2 rings (SSSR count). The molecule has 0 fully saturated rings. The van der Waals surface area contributed by atoms with E-state index in [0.29, 0.717) is 5.69 Å². The Morgan fingerprint density at radius 3 is 3.08 bits per heavy atom. The van der Waals surface area contributed by atoms with Crippen molar-refractivity contribution in [3.63, 3.8) is 0 Å². The molecule has 0 atom stereocenters. The summed E-state index contributed by atoms with van der Waals surface area (Å²) in [6.45, 7) is 0.752. The number of nitrogens with zero attached hydrogens (tertiary/aromatic N) is 3. The largest absolute Gasteiger partial charge is 0.396 e. The maximum absolute atomic E-state index is 5.51. The molecule has 2 N–H and O–H groups in total. The Kier molecular flexibility index (Phi) is 1.79. The Hall–Kier alpha value is -1.36. The van der Waals surface area contributed by atoms with Crippen molar-refractivity contribution in [2.45, 2.75) is 6.54 Å². The fourth-order valence-corrected chi connectivity index (χ4v) is 1.52. The SMILES string of the molecule is Nc1cnn(Cc2ccns2)c1. The quantitative estimate of drug-likeness (QED) is 0.749. The van der Waals surface area contributed by atoms with Gasteiger partial charge < -0.3 is 5.73 Å². The van der Waals surface area contributed by atoms with Crippen molar-refractivity contribution >= 4 is 17.2 Å². The summed E-state index contributed by atoms with van der Waals surface area (Å²) in [4.78, 5) is 1.18. The summed E-state index contributed by atoms with van der Waals surface area (Å²) >= 11 is 1.48. The van der Waals surface area contributed by atoms with Gasteiger partial charge >= 0.3 is 0 Å². The minimum atomic E-state index is 0.694. The van der Waals surface area contributed by atoms with Crippen LogP contribution in [-0.4, -0.2) is 14.2 Å². The summed E-state index contributed by atoms with van der Waals surface area (Å²) < 4.78 is 5.79. The van der Waals surface area contributed by atoms with Crippen LogP contribution in [-0.2, 0) is 6.54 Å². The van der Waals surface area contributed by atoms with Gasteiger partial charge in [0.1, 0.15) is 0 Å². The second-order valence-corrected chi connectivity index (χ2v) is 3.37. The Bertz CT molecular complexity index is 351. The number of rotatable bonds is 2. The number of nitrogen functional groups attached to an aromatic ring is 1. The van der Waals surface area contributed by atoms with E-state index in [1.54, 1.807) is 23.3 Å². The van der Waals surface area contributed by atoms with E-state index < -0.39 is 0 Å². The first-order valence-corrected chi connectivity index (χ1v) is 4.29. The molecule has 2 heterocycles. The zero-order valence-corrected chi connectivity index (χ0v) is 7.16. The molecular weight excluding hydrogens is 172 g/mol. The highest BCUT2D eigenvalue weighted by molar-refractivity contribution is 7.05. The highest BCUT2D eigenvalue weighted by Gasteiger charge is 1.97. The lowest BCUT2D eigenvalue weighted by Gasteiger charge is -1.94. The first-order valence-electron chi connectivity index (χ1n) is 3.52. The number of anilines is 1. The molecule has 0 bridgehead atoms. The van der Waals surface area contributed by atoms with E-state index >= 15 is 0 Å². The minimum Gasteiger partial charge on any atom is -0.396 e. The van der Waals surface area contributed by atoms with Crippen molar-refractivity contribution in [3.05, 3.63) is 29.5 Å². The summed E-state index contributed by atoms with van der Waals surface area (Å²) in [5.41, 5.74) is 6.21. The predicted octanol–water partition coefficient (Wildman–Crippen LogP) is 0.970. The third-order valence-electron chi connectivity index (χ3n) is 1.46. The van der Waals surface area contributed by atoms with Crippen molar-refractivity contribution in [1.29, 1.82) is 0 Å². The lowest BCUT2D eigenvalue weighted by Crippen LogP contribution is -1.97. The maximum Gasteiger partial charge on any atom is 0.0769 e. The molecule has 0 unspecified atom stereocenters. The molecule has 62 valence electrons. The fourth-order valence-electron chi connectivity index (χ4n) is 0.949. The number of hydrogen-bond acceptors (Lipinski definition) is 4. The van der Waals surface area contributed by atoms with E-state index in [9.17, 15) is 0 Å². The zero-order valence-electron chi connectivity index (χ0n) is 6.34. The monoisotopic (exact) mass is 180 g/mol. The van der Waals surface area contributed by atoms with Crippen LogP contribution in [0.25, 0.3) is 0 Å². The van der Waals surface area contributed by atoms with Gasteiger partial charge in [-0.25, -0.2) is 4.37 Å². The third-order valence-corrected chi connectivity index (χ3v) is 2.19. The van der Waals surface area contributed by atoms with Crippen LogP contribution < -0.4 is 5.73 Å². The van der Waals surface area contributed by atoms with Gasteiger partial charge in [-0.3, -0.25) is 4.68 Å². The van der Waals surface area contributed by atoms with Crippen LogP contribution >= 0.6 is 11.5 Å². The van der Waals surface area contributed by atoms with Gasteiger partial charge in [-0.15, -0.1) is 0 Å². The molecule has 0 aliphatic heterocycles. The molecule has 2 aromatic heterocycles. The van der Waals surface area contributed by atoms with Gasteiger partial charge in [0.05, 0.1) is 18.4 Å². The average Bonchev–Trinajstić information content (AvgIpc) is 2.63. The van der Waals surface area contributed by atoms with Crippen LogP contribution in [0.2, 0.25) is 0 Å². The second-order valence-electron chi connectivity index (χ2n) is 2.45. The summed E-state index contributed by atoms with van der Waals surface area (Å²) in [6, 6.07) is 1.97. The van der Waals surface area contributed by atoms with Crippen molar-refractivity contribution in [2.75, 3.05) is 5.73 Å². The molecule has 12 heavy (non-hydrogen) atoms. The van der Waals surface area contributed by atoms with Gasteiger partial charge in [-0.05, 0) is 17.6 Å². The van der Waals surface area contributed by atoms with E-state index in [1.807, 2.05) is 6.07 Å². The van der Waals surface area contributed by atoms with E-state index in [-0.39, 0.29) is 0 Å². The fraction of sp³-hybridized carbons (Fsp3) is 0.143. The molecule has 0 saturated heterocycles. The lowest BCUT2D eigenvalue weighted by atomic mass is 10.5. The Morgan fingerprint density at radius 2 is 2.50 bits per heavy atom. The van der Waals surface area contributed by atoms with E-state index in [1.165, 1.54) is 16.4 Å². The summed E-state index contributed by atoms with van der Waals surface area (Å²) in [5.74, 6) is 0. The van der Waals surface area contributed by atoms with Crippen LogP contribution in [0.15, 0.2) is 24.7 Å². The molecule has 0 radical (unpaired) electrons. The average molecular weight is 180 g/mol. The highest BCUT2D eigenvalue weighted by Crippen LogP contribution is 2.07. The molecular formula is C7H8N4S. The topological polar surface area (TPSA) is 56.7 Å². The first-order chi connectivity index (χ1) is 5.84. The number of nitrogens with two attached hydrogens (primary N) is 1. The molecule has 0 amide bonds. The van der Waals surface area contributed by atoms with Crippen LogP contribution in [0, 0.1) is 0 Å². The van der Waals surface area contributed by atoms with Gasteiger partial charge in [0.25, 0.3) is 0 Å². The van der Waals surface area contributed by atoms with Crippen molar-refractivity contribution in [1.82, 2.24) is 14.2 Å². The van der Waals surface area contributed by atoms with Gasteiger partial charge in [0.2, 0.25) is 0 Å². The summed E-state index contributed by atoms with van der Waals surface area (Å²) in [7, 11) is 0. The van der Waals surface area contributed by atoms with E-state index in [0.717, 1.165) is 6.54 Å². The predicted molar refractivity (Wildman–Crippen MR) is 47.9 cm³/mol. The van der Waals surface area contributed by atoms with Gasteiger partial charge in [0.15, 0.2) is 0 Å². The van der Waals surface area contributed by atoms with Gasteiger partial charge in [0, 0.05) is 17.3 Å². The normalized spacial score (nSPS) is 10.3. The maximum atomic E-state index is 5.51. The first kappa shape index (κ1) is 7.30. The molecule has 0 spiro atoms. The molecule has 0 aliphatic rings. The van der Waals surface area contributed by atoms with Crippen LogP contribution in [0.1, 0.15) is 4.88 Å². The van der Waals surface area contributed by atoms with Crippen molar-refractivity contribution in [2.24, 2.45) is 0 Å². The van der Waals surface area contributed by atoms with Crippen LogP contribution in [0.3, 0.4) is 0 Å². The standard InChI is InChI=1S/C7H8N4S/c8-6-3-9-11(4-6)5-7-1-2-10-12-7/h1-4H,5,8H2. The smallest absolute Gasteiger partial charge is 0.0769 e.